The largest absolute Gasteiger partial charge is 0.330 e. The molecule has 0 spiro atoms. The highest BCUT2D eigenvalue weighted by atomic mass is 35.5. The molecular formula is C20H22ClN3O2S. The summed E-state index contributed by atoms with van der Waals surface area (Å²) in [6.07, 6.45) is 1.67. The van der Waals surface area contributed by atoms with Crippen LogP contribution in [-0.2, 0) is 10.0 Å². The Morgan fingerprint density at radius 2 is 1.78 bits per heavy atom. The number of halogens is 1. The summed E-state index contributed by atoms with van der Waals surface area (Å²) >= 11 is 0. The molecule has 0 amide bonds. The van der Waals surface area contributed by atoms with E-state index in [2.05, 4.69) is 4.98 Å². The van der Waals surface area contributed by atoms with Crippen molar-refractivity contribution in [3.05, 3.63) is 72.4 Å². The second-order valence-electron chi connectivity index (χ2n) is 6.66. The predicted molar refractivity (Wildman–Crippen MR) is 109 cm³/mol. The van der Waals surface area contributed by atoms with E-state index in [4.69, 9.17) is 5.73 Å². The van der Waals surface area contributed by atoms with Gasteiger partial charge in [0.15, 0.2) is 0 Å². The van der Waals surface area contributed by atoms with Gasteiger partial charge in [-0.1, -0.05) is 36.4 Å². The van der Waals surface area contributed by atoms with Gasteiger partial charge in [0, 0.05) is 30.6 Å². The van der Waals surface area contributed by atoms with Gasteiger partial charge in [-0.3, -0.25) is 4.98 Å². The number of aromatic nitrogens is 1. The number of nitrogens with two attached hydrogens (primary N) is 1. The van der Waals surface area contributed by atoms with E-state index < -0.39 is 10.0 Å². The van der Waals surface area contributed by atoms with Crippen LogP contribution in [0.25, 0.3) is 10.9 Å². The smallest absolute Gasteiger partial charge is 0.243 e. The molecule has 142 valence electrons. The number of hydrogen-bond donors (Lipinski definition) is 1. The average molecular weight is 404 g/mol. The standard InChI is InChI=1S/C20H21N3O2S.ClH/c21-12-16-13-23(14-18(16)15-6-2-1-3-7-15)26(24,25)20-10-4-9-19-17(20)8-5-11-22-19;/h1-11,16,18H,12-14,21H2;1H/t16-,18+;/m1./s1. The second-order valence-corrected chi connectivity index (χ2v) is 8.57. The number of hydrogen-bond acceptors (Lipinski definition) is 4. The third-order valence-electron chi connectivity index (χ3n) is 5.16. The minimum absolute atomic E-state index is 0. The molecule has 2 aromatic carbocycles. The van der Waals surface area contributed by atoms with Crippen LogP contribution in [0.3, 0.4) is 0 Å². The number of pyridine rings is 1. The zero-order valence-electron chi connectivity index (χ0n) is 14.7. The van der Waals surface area contributed by atoms with Crippen molar-refractivity contribution in [1.29, 1.82) is 0 Å². The summed E-state index contributed by atoms with van der Waals surface area (Å²) in [6.45, 7) is 1.35. The number of nitrogens with zero attached hydrogens (tertiary/aromatic N) is 2. The molecule has 7 heteroatoms. The van der Waals surface area contributed by atoms with Crippen molar-refractivity contribution in [3.8, 4) is 0 Å². The van der Waals surface area contributed by atoms with Gasteiger partial charge in [-0.05, 0) is 42.3 Å². The molecule has 1 fully saturated rings. The van der Waals surface area contributed by atoms with Gasteiger partial charge >= 0.3 is 0 Å². The molecule has 3 aromatic rings. The summed E-state index contributed by atoms with van der Waals surface area (Å²) in [5.41, 5.74) is 7.79. The van der Waals surface area contributed by atoms with Crippen LogP contribution in [0.1, 0.15) is 11.5 Å². The van der Waals surface area contributed by atoms with Gasteiger partial charge < -0.3 is 5.73 Å². The van der Waals surface area contributed by atoms with Crippen molar-refractivity contribution in [2.45, 2.75) is 10.8 Å². The molecule has 0 saturated carbocycles. The lowest BCUT2D eigenvalue weighted by atomic mass is 9.89. The molecule has 5 nitrogen and oxygen atoms in total. The first-order chi connectivity index (χ1) is 12.6. The molecule has 1 saturated heterocycles. The van der Waals surface area contributed by atoms with Gasteiger partial charge in [0.25, 0.3) is 0 Å². The lowest BCUT2D eigenvalue weighted by Crippen LogP contribution is -2.30. The van der Waals surface area contributed by atoms with Crippen LogP contribution in [-0.4, -0.2) is 37.3 Å². The Labute approximate surface area is 165 Å². The number of sulfonamides is 1. The Hall–Kier alpha value is -1.99. The van der Waals surface area contributed by atoms with Crippen LogP contribution in [0.2, 0.25) is 0 Å². The quantitative estimate of drug-likeness (QED) is 0.726. The first kappa shape index (κ1) is 19.8. The number of benzene rings is 2. The highest BCUT2D eigenvalue weighted by Gasteiger charge is 2.39. The summed E-state index contributed by atoms with van der Waals surface area (Å²) in [4.78, 5) is 4.59. The third-order valence-corrected chi connectivity index (χ3v) is 7.05. The fraction of sp³-hybridized carbons (Fsp3) is 0.250. The van der Waals surface area contributed by atoms with Crippen LogP contribution in [0.15, 0.2) is 71.8 Å². The molecule has 1 aromatic heterocycles. The molecular weight excluding hydrogens is 382 g/mol. The van der Waals surface area contributed by atoms with Gasteiger partial charge in [-0.25, -0.2) is 8.42 Å². The zero-order chi connectivity index (χ0) is 18.1. The summed E-state index contributed by atoms with van der Waals surface area (Å²) in [6, 6.07) is 18.8. The van der Waals surface area contributed by atoms with Crippen molar-refractivity contribution in [3.63, 3.8) is 0 Å². The molecule has 0 bridgehead atoms. The van der Waals surface area contributed by atoms with E-state index in [9.17, 15) is 8.42 Å². The van der Waals surface area contributed by atoms with E-state index in [0.717, 1.165) is 5.56 Å². The first-order valence-corrected chi connectivity index (χ1v) is 10.1. The monoisotopic (exact) mass is 403 g/mol. The van der Waals surface area contributed by atoms with Crippen molar-refractivity contribution in [2.24, 2.45) is 11.7 Å². The average Bonchev–Trinajstić information content (AvgIpc) is 3.13. The van der Waals surface area contributed by atoms with E-state index >= 15 is 0 Å². The number of fused-ring (bicyclic) bond motifs is 1. The Morgan fingerprint density at radius 1 is 1.00 bits per heavy atom. The Morgan fingerprint density at radius 3 is 2.52 bits per heavy atom. The van der Waals surface area contributed by atoms with Crippen LogP contribution >= 0.6 is 12.4 Å². The lowest BCUT2D eigenvalue weighted by Gasteiger charge is -2.18. The fourth-order valence-electron chi connectivity index (χ4n) is 3.78. The molecule has 0 radical (unpaired) electrons. The summed E-state index contributed by atoms with van der Waals surface area (Å²) in [5, 5.41) is 0.655. The predicted octanol–water partition coefficient (Wildman–Crippen LogP) is 3.02. The molecule has 0 unspecified atom stereocenters. The summed E-state index contributed by atoms with van der Waals surface area (Å²) in [5.74, 6) is 0.226. The normalized spacial score (nSPS) is 20.5. The maximum atomic E-state index is 13.3. The molecule has 1 aliphatic heterocycles. The van der Waals surface area contributed by atoms with Crippen molar-refractivity contribution < 1.29 is 8.42 Å². The number of rotatable bonds is 4. The summed E-state index contributed by atoms with van der Waals surface area (Å²) in [7, 11) is -3.61. The highest BCUT2D eigenvalue weighted by molar-refractivity contribution is 7.89. The van der Waals surface area contributed by atoms with Gasteiger partial charge in [0.2, 0.25) is 10.0 Å². The van der Waals surface area contributed by atoms with Crippen molar-refractivity contribution >= 4 is 33.3 Å². The van der Waals surface area contributed by atoms with Crippen LogP contribution in [0, 0.1) is 5.92 Å². The van der Waals surface area contributed by atoms with Gasteiger partial charge in [-0.2, -0.15) is 4.31 Å². The van der Waals surface area contributed by atoms with Crippen molar-refractivity contribution in [1.82, 2.24) is 9.29 Å². The van der Waals surface area contributed by atoms with E-state index in [1.165, 1.54) is 0 Å². The topological polar surface area (TPSA) is 76.3 Å². The maximum absolute atomic E-state index is 13.3. The molecule has 2 heterocycles. The Kier molecular flexibility index (Phi) is 5.81. The zero-order valence-corrected chi connectivity index (χ0v) is 16.4. The van der Waals surface area contributed by atoms with Crippen LogP contribution in [0.4, 0.5) is 0 Å². The Bertz CT molecular complexity index is 1020. The molecule has 1 aliphatic rings. The van der Waals surface area contributed by atoms with Crippen molar-refractivity contribution in [2.75, 3.05) is 19.6 Å². The van der Waals surface area contributed by atoms with Gasteiger partial charge in [-0.15, -0.1) is 12.4 Å². The highest BCUT2D eigenvalue weighted by Crippen LogP contribution is 2.36. The SMILES string of the molecule is Cl.NC[C@@H]1CN(S(=O)(=O)c2cccc3ncccc23)C[C@H]1c1ccccc1. The van der Waals surface area contributed by atoms with E-state index in [1.54, 1.807) is 34.8 Å². The maximum Gasteiger partial charge on any atom is 0.243 e. The van der Waals surface area contributed by atoms with Gasteiger partial charge in [0.1, 0.15) is 0 Å². The molecule has 2 atom stereocenters. The summed E-state index contributed by atoms with van der Waals surface area (Å²) < 4.78 is 28.3. The molecule has 4 rings (SSSR count). The van der Waals surface area contributed by atoms with Crippen LogP contribution in [0.5, 0.6) is 0 Å². The second kappa shape index (κ2) is 7.94. The van der Waals surface area contributed by atoms with Gasteiger partial charge in [0.05, 0.1) is 10.4 Å². The molecule has 27 heavy (non-hydrogen) atoms. The fourth-order valence-corrected chi connectivity index (χ4v) is 5.51. The van der Waals surface area contributed by atoms with E-state index in [1.807, 2.05) is 36.4 Å². The minimum Gasteiger partial charge on any atom is -0.330 e. The van der Waals surface area contributed by atoms with E-state index in [-0.39, 0.29) is 24.2 Å². The minimum atomic E-state index is -3.61. The molecule has 0 aliphatic carbocycles. The first-order valence-electron chi connectivity index (χ1n) is 8.70. The lowest BCUT2D eigenvalue weighted by molar-refractivity contribution is 0.459. The van der Waals surface area contributed by atoms with Crippen LogP contribution < -0.4 is 5.73 Å². The third kappa shape index (κ3) is 3.58. The van der Waals surface area contributed by atoms with E-state index in [0.29, 0.717) is 35.4 Å². The Balaban J connectivity index is 0.00000210. The molecule has 2 N–H and O–H groups in total.